The topological polar surface area (TPSA) is 63.1 Å². The van der Waals surface area contributed by atoms with E-state index in [1.54, 1.807) is 0 Å². The molecule has 0 saturated carbocycles. The molecule has 0 aliphatic carbocycles. The molecule has 18 heavy (non-hydrogen) atoms. The van der Waals surface area contributed by atoms with Gasteiger partial charge >= 0.3 is 0 Å². The van der Waals surface area contributed by atoms with Crippen LogP contribution in [0.3, 0.4) is 0 Å². The van der Waals surface area contributed by atoms with Crippen molar-refractivity contribution >= 4 is 11.6 Å². The van der Waals surface area contributed by atoms with Crippen molar-refractivity contribution in [2.75, 3.05) is 18.4 Å². The Labute approximate surface area is 108 Å². The first-order valence-electron chi connectivity index (χ1n) is 6.49. The van der Waals surface area contributed by atoms with Gasteiger partial charge in [-0.05, 0) is 18.1 Å². The quantitative estimate of drug-likeness (QED) is 0.662. The summed E-state index contributed by atoms with van der Waals surface area (Å²) in [7, 11) is 0. The van der Waals surface area contributed by atoms with Gasteiger partial charge in [-0.15, -0.1) is 0 Å². The van der Waals surface area contributed by atoms with Gasteiger partial charge in [0.05, 0.1) is 6.04 Å². The molecule has 0 aromatic heterocycles. The minimum Gasteiger partial charge on any atom is -0.325 e. The number of rotatable bonds is 6. The van der Waals surface area contributed by atoms with Crippen LogP contribution in [0.1, 0.15) is 13.8 Å². The van der Waals surface area contributed by atoms with E-state index in [2.05, 4.69) is 29.8 Å². The zero-order valence-corrected chi connectivity index (χ0v) is 10.9. The van der Waals surface area contributed by atoms with E-state index in [4.69, 9.17) is 0 Å². The van der Waals surface area contributed by atoms with E-state index >= 15 is 0 Å². The molecule has 1 aromatic rings. The molecular weight excluding hydrogens is 226 g/mol. The van der Waals surface area contributed by atoms with E-state index in [1.807, 2.05) is 30.3 Å². The van der Waals surface area contributed by atoms with Crippen LogP contribution in [0.5, 0.6) is 0 Å². The Morgan fingerprint density at radius 2 is 2.06 bits per heavy atom. The molecule has 1 saturated heterocycles. The molecule has 1 heterocycles. The van der Waals surface area contributed by atoms with Gasteiger partial charge in [0, 0.05) is 24.8 Å². The molecule has 1 aliphatic rings. The lowest BCUT2D eigenvalue weighted by atomic mass is 10.0. The average Bonchev–Trinajstić information content (AvgIpc) is 3.14. The highest BCUT2D eigenvalue weighted by atomic mass is 16.2. The summed E-state index contributed by atoms with van der Waals surface area (Å²) in [6.07, 6.45) is 0. The maximum absolute atomic E-state index is 12.2. The SMILES string of the molecule is CC(C)C(NCC1CN1)C(=O)Nc1ccccc1. The first kappa shape index (κ1) is 13.1. The highest BCUT2D eigenvalue weighted by Crippen LogP contribution is 2.09. The minimum atomic E-state index is -0.146. The second-order valence-electron chi connectivity index (χ2n) is 5.09. The molecule has 1 aromatic carbocycles. The number of amides is 1. The van der Waals surface area contributed by atoms with Gasteiger partial charge in [0.2, 0.25) is 5.91 Å². The summed E-state index contributed by atoms with van der Waals surface area (Å²) in [6.45, 7) is 6.02. The fraction of sp³-hybridized carbons (Fsp3) is 0.500. The molecule has 2 rings (SSSR count). The zero-order valence-electron chi connectivity index (χ0n) is 10.9. The molecule has 1 aliphatic heterocycles. The number of hydrogen-bond donors (Lipinski definition) is 3. The van der Waals surface area contributed by atoms with Crippen molar-refractivity contribution in [3.63, 3.8) is 0 Å². The molecule has 1 fully saturated rings. The molecule has 0 bridgehead atoms. The number of nitrogens with one attached hydrogen (secondary N) is 3. The van der Waals surface area contributed by atoms with Crippen LogP contribution in [0.2, 0.25) is 0 Å². The second-order valence-corrected chi connectivity index (χ2v) is 5.09. The maximum Gasteiger partial charge on any atom is 0.241 e. The number of benzene rings is 1. The van der Waals surface area contributed by atoms with Crippen molar-refractivity contribution in [1.29, 1.82) is 0 Å². The number of carbonyl (C=O) groups is 1. The summed E-state index contributed by atoms with van der Waals surface area (Å²) in [4.78, 5) is 12.2. The van der Waals surface area contributed by atoms with Gasteiger partial charge in [0.1, 0.15) is 0 Å². The lowest BCUT2D eigenvalue weighted by Crippen LogP contribution is -2.45. The zero-order chi connectivity index (χ0) is 13.0. The van der Waals surface area contributed by atoms with Crippen LogP contribution in [0.4, 0.5) is 5.69 Å². The van der Waals surface area contributed by atoms with Gasteiger partial charge in [0.25, 0.3) is 0 Å². The Hall–Kier alpha value is -1.39. The number of anilines is 1. The smallest absolute Gasteiger partial charge is 0.241 e. The van der Waals surface area contributed by atoms with Gasteiger partial charge < -0.3 is 16.0 Å². The summed E-state index contributed by atoms with van der Waals surface area (Å²) in [5.74, 6) is 0.310. The number of carbonyl (C=O) groups excluding carboxylic acids is 1. The van der Waals surface area contributed by atoms with E-state index in [0.29, 0.717) is 6.04 Å². The summed E-state index contributed by atoms with van der Waals surface area (Å²) in [5.41, 5.74) is 0.847. The molecular formula is C14H21N3O. The predicted octanol–water partition coefficient (Wildman–Crippen LogP) is 1.21. The van der Waals surface area contributed by atoms with Crippen molar-refractivity contribution in [2.24, 2.45) is 5.92 Å². The molecule has 1 amide bonds. The second kappa shape index (κ2) is 5.98. The third-order valence-electron chi connectivity index (χ3n) is 3.07. The highest BCUT2D eigenvalue weighted by molar-refractivity contribution is 5.94. The minimum absolute atomic E-state index is 0.0388. The van der Waals surface area contributed by atoms with Gasteiger partial charge in [-0.2, -0.15) is 0 Å². The first-order chi connectivity index (χ1) is 8.66. The van der Waals surface area contributed by atoms with Crippen molar-refractivity contribution in [1.82, 2.24) is 10.6 Å². The van der Waals surface area contributed by atoms with Crippen molar-refractivity contribution in [2.45, 2.75) is 25.9 Å². The summed E-state index contributed by atoms with van der Waals surface area (Å²) >= 11 is 0. The van der Waals surface area contributed by atoms with Gasteiger partial charge in [-0.3, -0.25) is 4.79 Å². The third-order valence-corrected chi connectivity index (χ3v) is 3.07. The Morgan fingerprint density at radius 1 is 1.39 bits per heavy atom. The number of hydrogen-bond acceptors (Lipinski definition) is 3. The largest absolute Gasteiger partial charge is 0.325 e. The molecule has 4 nitrogen and oxygen atoms in total. The van der Waals surface area contributed by atoms with Gasteiger partial charge in [-0.1, -0.05) is 32.0 Å². The van der Waals surface area contributed by atoms with Crippen molar-refractivity contribution in [3.05, 3.63) is 30.3 Å². The van der Waals surface area contributed by atoms with Crippen LogP contribution >= 0.6 is 0 Å². The maximum atomic E-state index is 12.2. The van der Waals surface area contributed by atoms with E-state index < -0.39 is 0 Å². The number of para-hydroxylation sites is 1. The monoisotopic (exact) mass is 247 g/mol. The average molecular weight is 247 g/mol. The Kier molecular flexibility index (Phi) is 4.33. The Balaban J connectivity index is 1.90. The van der Waals surface area contributed by atoms with E-state index in [-0.39, 0.29) is 17.9 Å². The van der Waals surface area contributed by atoms with Crippen LogP contribution in [-0.2, 0) is 4.79 Å². The van der Waals surface area contributed by atoms with E-state index in [0.717, 1.165) is 18.8 Å². The lowest BCUT2D eigenvalue weighted by molar-refractivity contribution is -0.119. The molecule has 98 valence electrons. The van der Waals surface area contributed by atoms with Crippen LogP contribution < -0.4 is 16.0 Å². The fourth-order valence-corrected chi connectivity index (χ4v) is 1.87. The van der Waals surface area contributed by atoms with Crippen LogP contribution in [0, 0.1) is 5.92 Å². The van der Waals surface area contributed by atoms with E-state index in [9.17, 15) is 4.79 Å². The van der Waals surface area contributed by atoms with E-state index in [1.165, 1.54) is 0 Å². The third kappa shape index (κ3) is 3.82. The molecule has 0 radical (unpaired) electrons. The Bertz CT molecular complexity index is 387. The normalized spacial score (nSPS) is 19.6. The van der Waals surface area contributed by atoms with Crippen LogP contribution in [-0.4, -0.2) is 31.1 Å². The fourth-order valence-electron chi connectivity index (χ4n) is 1.87. The summed E-state index contributed by atoms with van der Waals surface area (Å²) in [6, 6.07) is 9.97. The van der Waals surface area contributed by atoms with Crippen molar-refractivity contribution in [3.8, 4) is 0 Å². The summed E-state index contributed by atoms with van der Waals surface area (Å²) in [5, 5.41) is 9.50. The molecule has 4 heteroatoms. The lowest BCUT2D eigenvalue weighted by Gasteiger charge is -2.21. The van der Waals surface area contributed by atoms with Crippen molar-refractivity contribution < 1.29 is 4.79 Å². The standard InChI is InChI=1S/C14H21N3O/c1-10(2)13(16-9-12-8-15-12)14(18)17-11-6-4-3-5-7-11/h3-7,10,12-13,15-16H,8-9H2,1-2H3,(H,17,18). The van der Waals surface area contributed by atoms with Crippen LogP contribution in [0.15, 0.2) is 30.3 Å². The molecule has 2 atom stereocenters. The van der Waals surface area contributed by atoms with Gasteiger partial charge in [0.15, 0.2) is 0 Å². The van der Waals surface area contributed by atoms with Crippen LogP contribution in [0.25, 0.3) is 0 Å². The highest BCUT2D eigenvalue weighted by Gasteiger charge is 2.26. The van der Waals surface area contributed by atoms with Gasteiger partial charge in [-0.25, -0.2) is 0 Å². The molecule has 2 unspecified atom stereocenters. The molecule has 3 N–H and O–H groups in total. The predicted molar refractivity (Wildman–Crippen MR) is 73.5 cm³/mol. The molecule has 0 spiro atoms. The summed E-state index contributed by atoms with van der Waals surface area (Å²) < 4.78 is 0. The first-order valence-corrected chi connectivity index (χ1v) is 6.49. The Morgan fingerprint density at radius 3 is 2.61 bits per heavy atom.